The Morgan fingerprint density at radius 3 is 2.04 bits per heavy atom. The van der Waals surface area contributed by atoms with Crippen molar-refractivity contribution < 1.29 is 14.4 Å². The standard InChI is InChI=1S/C38H49N9O3/c1-4-40-35(49)28-13-17-31-26(19-28)11-12-27-20-29(36(50)41-5-2)14-18-32(27)38(31,37-43-45-46-44-37)21-33(25-9-7-6-8-10-25)42-23-34(48)47(24(3)22-39)30-15-16-30/h13-14,17-20,24-25,30,33,42H,4-12,15-16,21,23H2,1-3H3,(H,40,49)(H,41,50)(H,43,44,45,46)/t24?,33-/m1/s1. The van der Waals surface area contributed by atoms with Crippen LogP contribution in [-0.2, 0) is 23.1 Å². The smallest absolute Gasteiger partial charge is 0.251 e. The number of hydrogen-bond acceptors (Lipinski definition) is 8. The Morgan fingerprint density at radius 2 is 1.54 bits per heavy atom. The molecule has 2 fully saturated rings. The Kier molecular flexibility index (Phi) is 10.9. The molecule has 3 aliphatic rings. The van der Waals surface area contributed by atoms with Crippen LogP contribution < -0.4 is 16.0 Å². The van der Waals surface area contributed by atoms with Crippen LogP contribution in [0.4, 0.5) is 0 Å². The molecule has 2 aromatic carbocycles. The van der Waals surface area contributed by atoms with Crippen LogP contribution in [0.2, 0.25) is 0 Å². The van der Waals surface area contributed by atoms with E-state index >= 15 is 0 Å². The third kappa shape index (κ3) is 7.15. The maximum atomic E-state index is 13.8. The number of carbonyl (C=O) groups is 3. The molecule has 0 spiro atoms. The minimum atomic E-state index is -0.890. The van der Waals surface area contributed by atoms with E-state index in [0.29, 0.717) is 55.2 Å². The number of hydrogen-bond donors (Lipinski definition) is 4. The second-order valence-electron chi connectivity index (χ2n) is 14.0. The second-order valence-corrected chi connectivity index (χ2v) is 14.0. The number of H-pyrrole nitrogens is 1. The average Bonchev–Trinajstić information content (AvgIpc) is 3.84. The number of rotatable bonds is 13. The summed E-state index contributed by atoms with van der Waals surface area (Å²) in [5, 5.41) is 35.2. The normalized spacial score (nSPS) is 18.0. The Bertz CT molecular complexity index is 1650. The maximum Gasteiger partial charge on any atom is 0.251 e. The van der Waals surface area contributed by atoms with E-state index in [1.54, 1.807) is 11.8 Å². The molecule has 264 valence electrons. The van der Waals surface area contributed by atoms with E-state index in [4.69, 9.17) is 0 Å². The molecule has 0 bridgehead atoms. The topological polar surface area (TPSA) is 169 Å². The lowest BCUT2D eigenvalue weighted by atomic mass is 9.65. The molecule has 0 saturated heterocycles. The minimum Gasteiger partial charge on any atom is -0.352 e. The Morgan fingerprint density at radius 1 is 0.940 bits per heavy atom. The number of amides is 3. The fourth-order valence-electron chi connectivity index (χ4n) is 8.30. The van der Waals surface area contributed by atoms with E-state index in [1.807, 2.05) is 50.2 Å². The molecule has 50 heavy (non-hydrogen) atoms. The van der Waals surface area contributed by atoms with Crippen molar-refractivity contribution in [2.75, 3.05) is 19.6 Å². The zero-order chi connectivity index (χ0) is 35.3. The van der Waals surface area contributed by atoms with E-state index in [-0.39, 0.29) is 36.3 Å². The van der Waals surface area contributed by atoms with Crippen LogP contribution >= 0.6 is 0 Å². The zero-order valence-corrected chi connectivity index (χ0v) is 29.4. The molecular formula is C38H49N9O3. The van der Waals surface area contributed by atoms with Gasteiger partial charge in [-0.3, -0.25) is 14.4 Å². The number of benzene rings is 2. The Hall–Kier alpha value is -4.63. The van der Waals surface area contributed by atoms with Gasteiger partial charge in [-0.05, 0) is 129 Å². The van der Waals surface area contributed by atoms with E-state index in [0.717, 1.165) is 60.8 Å². The molecule has 12 nitrogen and oxygen atoms in total. The molecule has 0 radical (unpaired) electrons. The highest BCUT2D eigenvalue weighted by molar-refractivity contribution is 5.95. The first kappa shape index (κ1) is 35.2. The first-order valence-corrected chi connectivity index (χ1v) is 18.3. The maximum absolute atomic E-state index is 13.8. The quantitative estimate of drug-likeness (QED) is 0.211. The van der Waals surface area contributed by atoms with Crippen molar-refractivity contribution in [3.63, 3.8) is 0 Å². The fraction of sp³-hybridized carbons (Fsp3) is 0.553. The van der Waals surface area contributed by atoms with E-state index < -0.39 is 11.5 Å². The van der Waals surface area contributed by atoms with Gasteiger partial charge in [0.1, 0.15) is 6.04 Å². The molecular weight excluding hydrogens is 630 g/mol. The van der Waals surface area contributed by atoms with Crippen molar-refractivity contribution in [3.05, 3.63) is 75.6 Å². The number of nitriles is 1. The Labute approximate surface area is 294 Å². The summed E-state index contributed by atoms with van der Waals surface area (Å²) in [5.41, 5.74) is 4.31. The van der Waals surface area contributed by atoms with Gasteiger partial charge >= 0.3 is 0 Å². The van der Waals surface area contributed by atoms with Gasteiger partial charge in [-0.1, -0.05) is 31.4 Å². The van der Waals surface area contributed by atoms with Gasteiger partial charge in [0.25, 0.3) is 11.8 Å². The molecule has 0 aliphatic heterocycles. The summed E-state index contributed by atoms with van der Waals surface area (Å²) in [7, 11) is 0. The minimum absolute atomic E-state index is 0.0578. The van der Waals surface area contributed by atoms with Crippen LogP contribution in [0, 0.1) is 17.2 Å². The highest BCUT2D eigenvalue weighted by Gasteiger charge is 2.47. The zero-order valence-electron chi connectivity index (χ0n) is 29.4. The highest BCUT2D eigenvalue weighted by atomic mass is 16.2. The average molecular weight is 680 g/mol. The van der Waals surface area contributed by atoms with Gasteiger partial charge < -0.3 is 20.9 Å². The summed E-state index contributed by atoms with van der Waals surface area (Å²) in [6.07, 6.45) is 9.18. The summed E-state index contributed by atoms with van der Waals surface area (Å²) >= 11 is 0. The number of nitrogens with zero attached hydrogens (tertiary/aromatic N) is 5. The van der Waals surface area contributed by atoms with Crippen molar-refractivity contribution in [3.8, 4) is 6.07 Å². The number of aryl methyl sites for hydroxylation is 2. The molecule has 2 saturated carbocycles. The summed E-state index contributed by atoms with van der Waals surface area (Å²) in [4.78, 5) is 41.6. The van der Waals surface area contributed by atoms with Crippen molar-refractivity contribution in [1.82, 2.24) is 41.5 Å². The van der Waals surface area contributed by atoms with Crippen LogP contribution in [0.3, 0.4) is 0 Å². The van der Waals surface area contributed by atoms with Gasteiger partial charge in [0, 0.05) is 36.3 Å². The number of fused-ring (bicyclic) bond motifs is 2. The number of aromatic nitrogens is 4. The third-order valence-corrected chi connectivity index (χ3v) is 10.8. The lowest BCUT2D eigenvalue weighted by Crippen LogP contribution is -2.50. The predicted molar refractivity (Wildman–Crippen MR) is 188 cm³/mol. The SMILES string of the molecule is CCNC(=O)c1ccc2c(c1)CCc1cc(C(=O)NCC)ccc1C2(C[C@@H](NCC(=O)N(C(C)C#N)C1CC1)C1CCCCC1)c1nnn[nH]1. The molecule has 1 aromatic heterocycles. The number of tetrazole rings is 1. The Balaban J connectivity index is 1.49. The molecule has 3 aliphatic carbocycles. The van der Waals surface area contributed by atoms with Crippen molar-refractivity contribution in [1.29, 1.82) is 5.26 Å². The van der Waals surface area contributed by atoms with Crippen LogP contribution in [-0.4, -0.2) is 81.0 Å². The largest absolute Gasteiger partial charge is 0.352 e. The van der Waals surface area contributed by atoms with Gasteiger partial charge in [-0.25, -0.2) is 5.10 Å². The third-order valence-electron chi connectivity index (χ3n) is 10.8. The highest BCUT2D eigenvalue weighted by Crippen LogP contribution is 2.48. The molecule has 4 N–H and O–H groups in total. The van der Waals surface area contributed by atoms with Gasteiger partial charge in [0.2, 0.25) is 5.91 Å². The fourth-order valence-corrected chi connectivity index (χ4v) is 8.30. The van der Waals surface area contributed by atoms with Crippen LogP contribution in [0.25, 0.3) is 0 Å². The molecule has 3 aromatic rings. The number of aromatic amines is 1. The van der Waals surface area contributed by atoms with E-state index in [2.05, 4.69) is 42.6 Å². The van der Waals surface area contributed by atoms with Crippen LogP contribution in [0.1, 0.15) is 121 Å². The lowest BCUT2D eigenvalue weighted by Gasteiger charge is -2.41. The van der Waals surface area contributed by atoms with Crippen LogP contribution in [0.15, 0.2) is 36.4 Å². The summed E-state index contributed by atoms with van der Waals surface area (Å²) in [6.45, 7) is 6.78. The van der Waals surface area contributed by atoms with E-state index in [9.17, 15) is 19.6 Å². The lowest BCUT2D eigenvalue weighted by molar-refractivity contribution is -0.132. The van der Waals surface area contributed by atoms with Crippen molar-refractivity contribution in [2.45, 2.75) is 109 Å². The first-order chi connectivity index (χ1) is 24.3. The molecule has 6 rings (SSSR count). The number of nitrogens with one attached hydrogen (secondary N) is 4. The molecule has 3 amide bonds. The summed E-state index contributed by atoms with van der Waals surface area (Å²) in [5.74, 6) is 0.554. The van der Waals surface area contributed by atoms with Crippen molar-refractivity contribution in [2.24, 2.45) is 5.92 Å². The van der Waals surface area contributed by atoms with Crippen molar-refractivity contribution >= 4 is 17.7 Å². The molecule has 1 heterocycles. The van der Waals surface area contributed by atoms with Gasteiger partial charge in [0.15, 0.2) is 5.82 Å². The molecule has 2 atom stereocenters. The molecule has 12 heteroatoms. The monoisotopic (exact) mass is 679 g/mol. The van der Waals surface area contributed by atoms with E-state index in [1.165, 1.54) is 6.42 Å². The summed E-state index contributed by atoms with van der Waals surface area (Å²) < 4.78 is 0. The number of carbonyl (C=O) groups excluding carboxylic acids is 3. The van der Waals surface area contributed by atoms with Gasteiger partial charge in [-0.2, -0.15) is 5.26 Å². The molecule has 1 unspecified atom stereocenters. The van der Waals surface area contributed by atoms with Gasteiger partial charge in [0.05, 0.1) is 18.0 Å². The second kappa shape index (κ2) is 15.5. The van der Waals surface area contributed by atoms with Gasteiger partial charge in [-0.15, -0.1) is 5.10 Å². The predicted octanol–water partition coefficient (Wildman–Crippen LogP) is 3.96. The summed E-state index contributed by atoms with van der Waals surface area (Å²) in [6, 6.07) is 13.6. The first-order valence-electron chi connectivity index (χ1n) is 18.3. The van der Waals surface area contributed by atoms with Crippen LogP contribution in [0.5, 0.6) is 0 Å².